The normalized spacial score (nSPS) is 10.7. The Labute approximate surface area is 100 Å². The van der Waals surface area contributed by atoms with Crippen LogP contribution in [0.25, 0.3) is 0 Å². The zero-order chi connectivity index (χ0) is 11.5. The maximum Gasteiger partial charge on any atom is 0.106 e. The van der Waals surface area contributed by atoms with Crippen LogP contribution in [0.2, 0.25) is 0 Å². The Balaban J connectivity index is 2.23. The predicted molar refractivity (Wildman–Crippen MR) is 68.7 cm³/mol. The summed E-state index contributed by atoms with van der Waals surface area (Å²) in [4.78, 5) is 5.56. The topological polar surface area (TPSA) is 38.9 Å². The fraction of sp³-hybridized carbons (Fsp3) is 0.308. The molecule has 84 valence electrons. The van der Waals surface area contributed by atoms with Gasteiger partial charge in [0, 0.05) is 24.0 Å². The van der Waals surface area contributed by atoms with Crippen LogP contribution in [0.15, 0.2) is 24.4 Å². The lowest BCUT2D eigenvalue weighted by molar-refractivity contribution is 1.04. The van der Waals surface area contributed by atoms with Crippen LogP contribution in [0, 0.1) is 13.8 Å². The van der Waals surface area contributed by atoms with Crippen molar-refractivity contribution in [3.63, 3.8) is 0 Å². The van der Waals surface area contributed by atoms with Gasteiger partial charge >= 0.3 is 0 Å². The molecule has 0 saturated heterocycles. The monoisotopic (exact) mass is 232 g/mol. The molecule has 0 fully saturated rings. The number of nitrogens with zero attached hydrogens (tertiary/aromatic N) is 1. The average molecular weight is 232 g/mol. The summed E-state index contributed by atoms with van der Waals surface area (Å²) in [5.74, 6) is 0. The maximum atomic E-state index is 5.56. The third-order valence-electron chi connectivity index (χ3n) is 2.86. The van der Waals surface area contributed by atoms with Crippen molar-refractivity contribution >= 4 is 11.3 Å². The highest BCUT2D eigenvalue weighted by Crippen LogP contribution is 2.20. The molecule has 1 aromatic heterocycles. The molecule has 2 nitrogen and oxygen atoms in total. The van der Waals surface area contributed by atoms with Crippen molar-refractivity contribution in [3.05, 3.63) is 51.0 Å². The lowest BCUT2D eigenvalue weighted by atomic mass is 10.0. The smallest absolute Gasteiger partial charge is 0.106 e. The number of aryl methyl sites for hydroxylation is 1. The Morgan fingerprint density at radius 1 is 1.31 bits per heavy atom. The van der Waals surface area contributed by atoms with Crippen molar-refractivity contribution < 1.29 is 0 Å². The number of thiazole rings is 1. The second-order valence-electron chi connectivity index (χ2n) is 3.96. The molecular formula is C13H16N2S. The molecule has 0 radical (unpaired) electrons. The molecule has 0 saturated carbocycles. The lowest BCUT2D eigenvalue weighted by Gasteiger charge is -2.06. The summed E-state index contributed by atoms with van der Waals surface area (Å²) in [5.41, 5.74) is 9.67. The van der Waals surface area contributed by atoms with Crippen LogP contribution in [-0.2, 0) is 13.0 Å². The van der Waals surface area contributed by atoms with Crippen molar-refractivity contribution in [2.24, 2.45) is 5.73 Å². The number of rotatable bonds is 3. The van der Waals surface area contributed by atoms with Crippen molar-refractivity contribution in [1.82, 2.24) is 4.98 Å². The number of hydrogen-bond donors (Lipinski definition) is 1. The molecule has 0 atom stereocenters. The Morgan fingerprint density at radius 2 is 2.12 bits per heavy atom. The van der Waals surface area contributed by atoms with Crippen LogP contribution in [0.1, 0.15) is 26.6 Å². The van der Waals surface area contributed by atoms with Crippen LogP contribution in [-0.4, -0.2) is 4.98 Å². The predicted octanol–water partition coefficient (Wildman–Crippen LogP) is 2.81. The fourth-order valence-electron chi connectivity index (χ4n) is 1.72. The van der Waals surface area contributed by atoms with Gasteiger partial charge in [0.05, 0.1) is 0 Å². The van der Waals surface area contributed by atoms with E-state index in [0.717, 1.165) is 11.4 Å². The third-order valence-corrected chi connectivity index (χ3v) is 3.88. The van der Waals surface area contributed by atoms with E-state index >= 15 is 0 Å². The maximum absolute atomic E-state index is 5.56. The SMILES string of the molecule is Cc1cccc(Cc2cnc(CN)s2)c1C. The summed E-state index contributed by atoms with van der Waals surface area (Å²) in [6.07, 6.45) is 2.90. The highest BCUT2D eigenvalue weighted by molar-refractivity contribution is 7.11. The van der Waals surface area contributed by atoms with Gasteiger partial charge in [-0.05, 0) is 30.5 Å². The van der Waals surface area contributed by atoms with Crippen LogP contribution in [0.4, 0.5) is 0 Å². The van der Waals surface area contributed by atoms with E-state index in [-0.39, 0.29) is 0 Å². The number of hydrogen-bond acceptors (Lipinski definition) is 3. The van der Waals surface area contributed by atoms with Gasteiger partial charge < -0.3 is 5.73 Å². The van der Waals surface area contributed by atoms with Crippen LogP contribution < -0.4 is 5.73 Å². The highest BCUT2D eigenvalue weighted by atomic mass is 32.1. The van der Waals surface area contributed by atoms with E-state index in [1.807, 2.05) is 6.20 Å². The summed E-state index contributed by atoms with van der Waals surface area (Å²) in [5, 5.41) is 1.01. The Bertz CT molecular complexity index is 488. The standard InChI is InChI=1S/C13H16N2S/c1-9-4-3-5-11(10(9)2)6-12-8-15-13(7-14)16-12/h3-5,8H,6-7,14H2,1-2H3. The van der Waals surface area contributed by atoms with E-state index in [0.29, 0.717) is 6.54 Å². The van der Waals surface area contributed by atoms with Crippen LogP contribution >= 0.6 is 11.3 Å². The Kier molecular flexibility index (Phi) is 3.36. The zero-order valence-electron chi connectivity index (χ0n) is 9.66. The highest BCUT2D eigenvalue weighted by Gasteiger charge is 2.05. The first-order valence-electron chi connectivity index (χ1n) is 5.39. The first kappa shape index (κ1) is 11.3. The van der Waals surface area contributed by atoms with Crippen molar-refractivity contribution in [2.45, 2.75) is 26.8 Å². The van der Waals surface area contributed by atoms with Crippen LogP contribution in [0.3, 0.4) is 0 Å². The molecule has 0 amide bonds. The summed E-state index contributed by atoms with van der Waals surface area (Å²) in [7, 11) is 0. The van der Waals surface area contributed by atoms with Gasteiger partial charge in [-0.2, -0.15) is 0 Å². The molecule has 0 unspecified atom stereocenters. The van der Waals surface area contributed by atoms with Gasteiger partial charge in [0.15, 0.2) is 0 Å². The number of benzene rings is 1. The summed E-state index contributed by atoms with van der Waals surface area (Å²) >= 11 is 1.71. The van der Waals surface area contributed by atoms with Gasteiger partial charge in [0.2, 0.25) is 0 Å². The fourth-order valence-corrected chi connectivity index (χ4v) is 2.54. The summed E-state index contributed by atoms with van der Waals surface area (Å²) in [6, 6.07) is 6.45. The van der Waals surface area contributed by atoms with Crippen molar-refractivity contribution in [2.75, 3.05) is 0 Å². The van der Waals surface area contributed by atoms with E-state index in [9.17, 15) is 0 Å². The van der Waals surface area contributed by atoms with E-state index in [4.69, 9.17) is 5.73 Å². The van der Waals surface area contributed by atoms with E-state index in [1.54, 1.807) is 11.3 Å². The summed E-state index contributed by atoms with van der Waals surface area (Å²) < 4.78 is 0. The Hall–Kier alpha value is -1.19. The second-order valence-corrected chi connectivity index (χ2v) is 5.16. The minimum absolute atomic E-state index is 0.539. The lowest BCUT2D eigenvalue weighted by Crippen LogP contribution is -1.93. The first-order chi connectivity index (χ1) is 7.70. The molecule has 2 N–H and O–H groups in total. The Morgan fingerprint density at radius 3 is 2.81 bits per heavy atom. The van der Waals surface area contributed by atoms with Crippen molar-refractivity contribution in [3.8, 4) is 0 Å². The summed E-state index contributed by atoms with van der Waals surface area (Å²) in [6.45, 7) is 4.86. The van der Waals surface area contributed by atoms with E-state index in [2.05, 4.69) is 37.0 Å². The van der Waals surface area contributed by atoms with Gasteiger partial charge in [0.1, 0.15) is 5.01 Å². The molecular weight excluding hydrogens is 216 g/mol. The molecule has 0 aliphatic carbocycles. The molecule has 2 aromatic rings. The molecule has 3 heteroatoms. The zero-order valence-corrected chi connectivity index (χ0v) is 10.5. The minimum atomic E-state index is 0.539. The average Bonchev–Trinajstić information content (AvgIpc) is 2.73. The largest absolute Gasteiger partial charge is 0.325 e. The molecule has 16 heavy (non-hydrogen) atoms. The second kappa shape index (κ2) is 4.76. The third kappa shape index (κ3) is 2.31. The van der Waals surface area contributed by atoms with E-state index < -0.39 is 0 Å². The van der Waals surface area contributed by atoms with Crippen LogP contribution in [0.5, 0.6) is 0 Å². The van der Waals surface area contributed by atoms with Gasteiger partial charge in [-0.25, -0.2) is 4.98 Å². The molecule has 0 aliphatic rings. The number of aromatic nitrogens is 1. The quantitative estimate of drug-likeness (QED) is 0.883. The van der Waals surface area contributed by atoms with Gasteiger partial charge in [-0.3, -0.25) is 0 Å². The molecule has 0 aliphatic heterocycles. The first-order valence-corrected chi connectivity index (χ1v) is 6.21. The van der Waals surface area contributed by atoms with Gasteiger partial charge in [-0.1, -0.05) is 18.2 Å². The minimum Gasteiger partial charge on any atom is -0.325 e. The van der Waals surface area contributed by atoms with Gasteiger partial charge in [-0.15, -0.1) is 11.3 Å². The van der Waals surface area contributed by atoms with E-state index in [1.165, 1.54) is 21.6 Å². The molecule has 1 aromatic carbocycles. The van der Waals surface area contributed by atoms with Gasteiger partial charge in [0.25, 0.3) is 0 Å². The molecule has 0 bridgehead atoms. The number of nitrogens with two attached hydrogens (primary N) is 1. The molecule has 2 rings (SSSR count). The molecule has 0 spiro atoms. The molecule has 1 heterocycles. The van der Waals surface area contributed by atoms with Crippen molar-refractivity contribution in [1.29, 1.82) is 0 Å².